The molecule has 0 saturated heterocycles. The van der Waals surface area contributed by atoms with Gasteiger partial charge in [0.1, 0.15) is 5.65 Å². The summed E-state index contributed by atoms with van der Waals surface area (Å²) in [6, 6.07) is 1.98. The minimum Gasteiger partial charge on any atom is -0.386 e. The number of aromatic nitrogens is 2. The van der Waals surface area contributed by atoms with Gasteiger partial charge in [-0.1, -0.05) is 0 Å². The highest BCUT2D eigenvalue weighted by Crippen LogP contribution is 2.30. The van der Waals surface area contributed by atoms with E-state index in [1.54, 1.807) is 20.0 Å². The molecule has 2 heterocycles. The molecule has 2 aromatic heterocycles. The van der Waals surface area contributed by atoms with Crippen molar-refractivity contribution in [2.75, 3.05) is 0 Å². The zero-order chi connectivity index (χ0) is 11.2. The van der Waals surface area contributed by atoms with Crippen LogP contribution in [0.4, 0.5) is 0 Å². The first-order chi connectivity index (χ1) is 6.89. The molecule has 1 N–H and O–H groups in total. The Balaban J connectivity index is 2.81. The van der Waals surface area contributed by atoms with Gasteiger partial charge < -0.3 is 9.67 Å². The summed E-state index contributed by atoms with van der Waals surface area (Å²) in [4.78, 5) is 4.32. The van der Waals surface area contributed by atoms with E-state index < -0.39 is 5.60 Å². The van der Waals surface area contributed by atoms with Crippen LogP contribution >= 0.6 is 15.9 Å². The number of halogens is 1. The fourth-order valence-electron chi connectivity index (χ4n) is 1.72. The first kappa shape index (κ1) is 10.6. The summed E-state index contributed by atoms with van der Waals surface area (Å²) in [5.41, 5.74) is 0.936. The molecule has 0 spiro atoms. The monoisotopic (exact) mass is 268 g/mol. The van der Waals surface area contributed by atoms with Gasteiger partial charge in [-0.15, -0.1) is 0 Å². The van der Waals surface area contributed by atoms with Crippen molar-refractivity contribution in [2.45, 2.75) is 19.4 Å². The highest BCUT2D eigenvalue weighted by molar-refractivity contribution is 9.10. The van der Waals surface area contributed by atoms with Gasteiger partial charge in [-0.2, -0.15) is 0 Å². The second-order valence-electron chi connectivity index (χ2n) is 4.24. The van der Waals surface area contributed by atoms with Gasteiger partial charge in [0.15, 0.2) is 0 Å². The Kier molecular flexibility index (Phi) is 2.35. The van der Waals surface area contributed by atoms with E-state index in [-0.39, 0.29) is 0 Å². The van der Waals surface area contributed by atoms with Crippen molar-refractivity contribution in [2.24, 2.45) is 7.05 Å². The molecular formula is C11H13BrN2O. The fourth-order valence-corrected chi connectivity index (χ4v) is 2.05. The molecule has 2 rings (SSSR count). The SMILES string of the molecule is Cn1cc(C(C)(C)O)c2cc(Br)cnc21. The lowest BCUT2D eigenvalue weighted by Crippen LogP contribution is -2.14. The standard InChI is InChI=1S/C11H13BrN2O/c1-11(2,15)9-6-14(3)10-8(9)4-7(12)5-13-10/h4-6,15H,1-3H3. The molecule has 0 aliphatic rings. The molecule has 2 aromatic rings. The quantitative estimate of drug-likeness (QED) is 0.864. The Morgan fingerprint density at radius 1 is 1.47 bits per heavy atom. The molecule has 0 aliphatic heterocycles. The molecule has 0 aliphatic carbocycles. The predicted octanol–water partition coefficient (Wildman–Crippen LogP) is 2.56. The molecule has 3 nitrogen and oxygen atoms in total. The Bertz CT molecular complexity index is 511. The van der Waals surface area contributed by atoms with Crippen molar-refractivity contribution in [1.29, 1.82) is 0 Å². The summed E-state index contributed by atoms with van der Waals surface area (Å²) in [6.45, 7) is 3.56. The van der Waals surface area contributed by atoms with E-state index in [1.165, 1.54) is 0 Å². The van der Waals surface area contributed by atoms with Crippen molar-refractivity contribution >= 4 is 27.0 Å². The number of aliphatic hydroxyl groups is 1. The molecule has 0 amide bonds. The molecule has 0 aromatic carbocycles. The van der Waals surface area contributed by atoms with E-state index in [0.717, 1.165) is 21.1 Å². The van der Waals surface area contributed by atoms with Crippen molar-refractivity contribution in [3.8, 4) is 0 Å². The predicted molar refractivity (Wildman–Crippen MR) is 63.7 cm³/mol. The Labute approximate surface area is 96.9 Å². The molecule has 0 saturated carbocycles. The Morgan fingerprint density at radius 3 is 2.73 bits per heavy atom. The average molecular weight is 269 g/mol. The van der Waals surface area contributed by atoms with E-state index in [9.17, 15) is 5.11 Å². The van der Waals surface area contributed by atoms with Gasteiger partial charge in [-0.05, 0) is 35.8 Å². The second kappa shape index (κ2) is 3.32. The average Bonchev–Trinajstić information content (AvgIpc) is 2.42. The molecule has 80 valence electrons. The van der Waals surface area contributed by atoms with E-state index in [1.807, 2.05) is 23.9 Å². The number of fused-ring (bicyclic) bond motifs is 1. The summed E-state index contributed by atoms with van der Waals surface area (Å²) in [5, 5.41) is 11.0. The first-order valence-corrected chi connectivity index (χ1v) is 5.52. The van der Waals surface area contributed by atoms with Crippen LogP contribution in [-0.2, 0) is 12.6 Å². The molecule has 15 heavy (non-hydrogen) atoms. The van der Waals surface area contributed by atoms with Gasteiger partial charge in [0, 0.05) is 34.9 Å². The summed E-state index contributed by atoms with van der Waals surface area (Å²) in [5.74, 6) is 0. The molecule has 0 atom stereocenters. The van der Waals surface area contributed by atoms with Gasteiger partial charge in [-0.3, -0.25) is 0 Å². The van der Waals surface area contributed by atoms with Crippen LogP contribution in [0, 0.1) is 0 Å². The van der Waals surface area contributed by atoms with E-state index in [0.29, 0.717) is 0 Å². The van der Waals surface area contributed by atoms with Crippen LogP contribution in [0.1, 0.15) is 19.4 Å². The van der Waals surface area contributed by atoms with Crippen LogP contribution in [0.5, 0.6) is 0 Å². The third-order valence-electron chi connectivity index (χ3n) is 2.44. The number of hydrogen-bond donors (Lipinski definition) is 1. The van der Waals surface area contributed by atoms with E-state index in [4.69, 9.17) is 0 Å². The number of aryl methyl sites for hydroxylation is 1. The summed E-state index contributed by atoms with van der Waals surface area (Å²) < 4.78 is 2.85. The lowest BCUT2D eigenvalue weighted by atomic mass is 9.99. The van der Waals surface area contributed by atoms with Crippen LogP contribution in [0.25, 0.3) is 11.0 Å². The molecular weight excluding hydrogens is 256 g/mol. The van der Waals surface area contributed by atoms with Crippen molar-refractivity contribution in [3.63, 3.8) is 0 Å². The van der Waals surface area contributed by atoms with Crippen LogP contribution in [0.15, 0.2) is 22.9 Å². The first-order valence-electron chi connectivity index (χ1n) is 4.73. The summed E-state index contributed by atoms with van der Waals surface area (Å²) in [6.07, 6.45) is 3.68. The Morgan fingerprint density at radius 2 is 2.13 bits per heavy atom. The van der Waals surface area contributed by atoms with Gasteiger partial charge in [0.2, 0.25) is 0 Å². The van der Waals surface area contributed by atoms with E-state index in [2.05, 4.69) is 20.9 Å². The van der Waals surface area contributed by atoms with Crippen molar-refractivity contribution < 1.29 is 5.11 Å². The lowest BCUT2D eigenvalue weighted by Gasteiger charge is -2.15. The summed E-state index contributed by atoms with van der Waals surface area (Å²) in [7, 11) is 1.93. The lowest BCUT2D eigenvalue weighted by molar-refractivity contribution is 0.0800. The third kappa shape index (κ3) is 1.79. The number of pyridine rings is 1. The summed E-state index contributed by atoms with van der Waals surface area (Å²) >= 11 is 3.39. The highest BCUT2D eigenvalue weighted by Gasteiger charge is 2.21. The smallest absolute Gasteiger partial charge is 0.140 e. The second-order valence-corrected chi connectivity index (χ2v) is 5.15. The van der Waals surface area contributed by atoms with Crippen molar-refractivity contribution in [1.82, 2.24) is 9.55 Å². The van der Waals surface area contributed by atoms with Crippen LogP contribution in [0.2, 0.25) is 0 Å². The molecule has 0 radical (unpaired) electrons. The number of nitrogens with zero attached hydrogens (tertiary/aromatic N) is 2. The molecule has 4 heteroatoms. The zero-order valence-corrected chi connectivity index (χ0v) is 10.5. The normalized spacial score (nSPS) is 12.3. The van der Waals surface area contributed by atoms with Crippen LogP contribution in [-0.4, -0.2) is 14.7 Å². The van der Waals surface area contributed by atoms with Crippen LogP contribution in [0.3, 0.4) is 0 Å². The fraction of sp³-hybridized carbons (Fsp3) is 0.364. The Hall–Kier alpha value is -0.870. The maximum atomic E-state index is 10.0. The number of hydrogen-bond acceptors (Lipinski definition) is 2. The van der Waals surface area contributed by atoms with Crippen molar-refractivity contribution in [3.05, 3.63) is 28.5 Å². The minimum absolute atomic E-state index is 0.845. The van der Waals surface area contributed by atoms with Gasteiger partial charge in [0.25, 0.3) is 0 Å². The zero-order valence-electron chi connectivity index (χ0n) is 8.95. The third-order valence-corrected chi connectivity index (χ3v) is 2.87. The largest absolute Gasteiger partial charge is 0.386 e. The molecule has 0 fully saturated rings. The minimum atomic E-state index is -0.845. The van der Waals surface area contributed by atoms with E-state index >= 15 is 0 Å². The molecule has 0 bridgehead atoms. The number of rotatable bonds is 1. The molecule has 0 unspecified atom stereocenters. The maximum Gasteiger partial charge on any atom is 0.140 e. The van der Waals surface area contributed by atoms with Gasteiger partial charge in [0.05, 0.1) is 5.60 Å². The topological polar surface area (TPSA) is 38.0 Å². The maximum absolute atomic E-state index is 10.0. The van der Waals surface area contributed by atoms with Gasteiger partial charge >= 0.3 is 0 Å². The highest BCUT2D eigenvalue weighted by atomic mass is 79.9. The van der Waals surface area contributed by atoms with Crippen LogP contribution < -0.4 is 0 Å². The van der Waals surface area contributed by atoms with Gasteiger partial charge in [-0.25, -0.2) is 4.98 Å².